The van der Waals surface area contributed by atoms with Crippen LogP contribution in [0.25, 0.3) is 11.3 Å². The number of aldehydes is 1. The van der Waals surface area contributed by atoms with Gasteiger partial charge < -0.3 is 0 Å². The second kappa shape index (κ2) is 5.96. The highest BCUT2D eigenvalue weighted by Gasteiger charge is 2.10. The van der Waals surface area contributed by atoms with E-state index in [0.717, 1.165) is 41.4 Å². The van der Waals surface area contributed by atoms with Gasteiger partial charge >= 0.3 is 0 Å². The molecule has 0 bridgehead atoms. The molecule has 4 heteroatoms. The van der Waals surface area contributed by atoms with Crippen molar-refractivity contribution in [3.05, 3.63) is 40.5 Å². The number of nitrogens with zero attached hydrogens (tertiary/aromatic N) is 2. The van der Waals surface area contributed by atoms with Crippen molar-refractivity contribution in [2.24, 2.45) is 0 Å². The molecule has 2 aromatic rings. The molecule has 0 aliphatic carbocycles. The zero-order valence-corrected chi connectivity index (χ0v) is 11.9. The van der Waals surface area contributed by atoms with Crippen LogP contribution in [0.3, 0.4) is 0 Å². The summed E-state index contributed by atoms with van der Waals surface area (Å²) in [5.74, 6) is 0. The Balaban J connectivity index is 2.33. The summed E-state index contributed by atoms with van der Waals surface area (Å²) >= 11 is 3.40. The summed E-state index contributed by atoms with van der Waals surface area (Å²) in [7, 11) is 0. The topological polar surface area (TPSA) is 34.9 Å². The fraction of sp³-hybridized carbons (Fsp3) is 0.286. The smallest absolute Gasteiger partial charge is 0.153 e. The van der Waals surface area contributed by atoms with E-state index >= 15 is 0 Å². The second-order valence-electron chi connectivity index (χ2n) is 4.17. The first-order chi connectivity index (χ1) is 8.74. The van der Waals surface area contributed by atoms with Gasteiger partial charge in [0.25, 0.3) is 0 Å². The molecule has 0 atom stereocenters. The molecule has 1 aromatic heterocycles. The van der Waals surface area contributed by atoms with E-state index < -0.39 is 0 Å². The first-order valence-electron chi connectivity index (χ1n) is 6.03. The van der Waals surface area contributed by atoms with Gasteiger partial charge in [-0.15, -0.1) is 0 Å². The molecule has 0 spiro atoms. The maximum absolute atomic E-state index is 11.1. The van der Waals surface area contributed by atoms with Crippen molar-refractivity contribution in [3.8, 4) is 11.3 Å². The molecule has 0 aliphatic heterocycles. The quantitative estimate of drug-likeness (QED) is 0.785. The number of carbonyl (C=O) groups is 1. The maximum Gasteiger partial charge on any atom is 0.153 e. The summed E-state index contributed by atoms with van der Waals surface area (Å²) in [6.45, 7) is 2.99. The minimum absolute atomic E-state index is 0.647. The summed E-state index contributed by atoms with van der Waals surface area (Å²) in [4.78, 5) is 11.1. The van der Waals surface area contributed by atoms with E-state index in [0.29, 0.717) is 5.56 Å². The maximum atomic E-state index is 11.1. The van der Waals surface area contributed by atoms with Crippen molar-refractivity contribution in [1.29, 1.82) is 0 Å². The molecule has 0 saturated heterocycles. The van der Waals surface area contributed by atoms with Crippen molar-refractivity contribution in [2.45, 2.75) is 26.3 Å². The lowest BCUT2D eigenvalue weighted by atomic mass is 10.1. The molecule has 18 heavy (non-hydrogen) atoms. The van der Waals surface area contributed by atoms with E-state index in [2.05, 4.69) is 28.0 Å². The van der Waals surface area contributed by atoms with Gasteiger partial charge in [-0.25, -0.2) is 0 Å². The van der Waals surface area contributed by atoms with Crippen LogP contribution in [0.2, 0.25) is 0 Å². The molecule has 1 heterocycles. The van der Waals surface area contributed by atoms with E-state index in [9.17, 15) is 4.79 Å². The average molecular weight is 307 g/mol. The van der Waals surface area contributed by atoms with Gasteiger partial charge in [0.05, 0.1) is 5.56 Å². The van der Waals surface area contributed by atoms with E-state index in [1.54, 1.807) is 0 Å². The summed E-state index contributed by atoms with van der Waals surface area (Å²) in [5, 5.41) is 4.49. The Bertz CT molecular complexity index is 531. The van der Waals surface area contributed by atoms with Crippen LogP contribution in [0.4, 0.5) is 0 Å². The molecule has 0 saturated carbocycles. The molecule has 0 radical (unpaired) electrons. The second-order valence-corrected chi connectivity index (χ2v) is 5.09. The molecular weight excluding hydrogens is 292 g/mol. The Morgan fingerprint density at radius 3 is 2.67 bits per heavy atom. The van der Waals surface area contributed by atoms with Crippen LogP contribution < -0.4 is 0 Å². The number of rotatable bonds is 5. The largest absolute Gasteiger partial charge is 0.298 e. The van der Waals surface area contributed by atoms with Gasteiger partial charge in [0.2, 0.25) is 0 Å². The number of hydrogen-bond donors (Lipinski definition) is 0. The summed E-state index contributed by atoms with van der Waals surface area (Å²) in [6, 6.07) is 7.83. The van der Waals surface area contributed by atoms with Crippen molar-refractivity contribution < 1.29 is 4.79 Å². The van der Waals surface area contributed by atoms with Crippen LogP contribution in [0.15, 0.2) is 34.9 Å². The zero-order valence-electron chi connectivity index (χ0n) is 10.3. The van der Waals surface area contributed by atoms with Crippen LogP contribution in [0.1, 0.15) is 30.1 Å². The van der Waals surface area contributed by atoms with Crippen molar-refractivity contribution >= 4 is 22.2 Å². The minimum Gasteiger partial charge on any atom is -0.298 e. The number of unbranched alkanes of at least 4 members (excludes halogenated alkanes) is 1. The van der Waals surface area contributed by atoms with Gasteiger partial charge in [-0.3, -0.25) is 9.48 Å². The van der Waals surface area contributed by atoms with Crippen LogP contribution >= 0.6 is 15.9 Å². The number of aromatic nitrogens is 2. The minimum atomic E-state index is 0.647. The summed E-state index contributed by atoms with van der Waals surface area (Å²) in [5.41, 5.74) is 2.37. The summed E-state index contributed by atoms with van der Waals surface area (Å²) in [6.07, 6.45) is 4.87. The Kier molecular flexibility index (Phi) is 4.31. The Morgan fingerprint density at radius 1 is 1.33 bits per heavy atom. The van der Waals surface area contributed by atoms with Gasteiger partial charge in [-0.1, -0.05) is 41.4 Å². The third-order valence-electron chi connectivity index (χ3n) is 2.78. The molecule has 0 amide bonds. The highest BCUT2D eigenvalue weighted by atomic mass is 79.9. The van der Waals surface area contributed by atoms with Crippen LogP contribution in [0, 0.1) is 0 Å². The normalized spacial score (nSPS) is 10.6. The predicted octanol–water partition coefficient (Wildman–Crippen LogP) is 3.93. The van der Waals surface area contributed by atoms with E-state index in [-0.39, 0.29) is 0 Å². The highest BCUT2D eigenvalue weighted by Crippen LogP contribution is 2.23. The Labute approximate surface area is 115 Å². The Morgan fingerprint density at radius 2 is 2.06 bits per heavy atom. The molecule has 2 rings (SSSR count). The van der Waals surface area contributed by atoms with Crippen molar-refractivity contribution in [3.63, 3.8) is 0 Å². The zero-order chi connectivity index (χ0) is 13.0. The van der Waals surface area contributed by atoms with Gasteiger partial charge in [0, 0.05) is 22.8 Å². The van der Waals surface area contributed by atoms with Gasteiger partial charge in [0.1, 0.15) is 5.69 Å². The van der Waals surface area contributed by atoms with Crippen molar-refractivity contribution in [1.82, 2.24) is 9.78 Å². The molecule has 0 fully saturated rings. The molecule has 1 aromatic carbocycles. The third kappa shape index (κ3) is 2.88. The SMILES string of the molecule is CCCCn1cc(C=O)c(-c2ccc(Br)cc2)n1. The molecule has 0 aliphatic rings. The fourth-order valence-corrected chi connectivity index (χ4v) is 2.05. The van der Waals surface area contributed by atoms with Gasteiger partial charge in [0.15, 0.2) is 6.29 Å². The van der Waals surface area contributed by atoms with Gasteiger partial charge in [-0.05, 0) is 18.6 Å². The third-order valence-corrected chi connectivity index (χ3v) is 3.30. The Hall–Kier alpha value is -1.42. The van der Waals surface area contributed by atoms with Crippen LogP contribution in [-0.4, -0.2) is 16.1 Å². The first kappa shape index (κ1) is 13.0. The number of aryl methyl sites for hydroxylation is 1. The lowest BCUT2D eigenvalue weighted by Gasteiger charge is -1.99. The summed E-state index contributed by atoms with van der Waals surface area (Å²) < 4.78 is 2.87. The fourth-order valence-electron chi connectivity index (χ4n) is 1.79. The van der Waals surface area contributed by atoms with E-state index in [4.69, 9.17) is 0 Å². The lowest BCUT2D eigenvalue weighted by Crippen LogP contribution is -1.97. The van der Waals surface area contributed by atoms with E-state index in [1.807, 2.05) is 35.1 Å². The molecule has 0 unspecified atom stereocenters. The van der Waals surface area contributed by atoms with E-state index in [1.165, 1.54) is 0 Å². The molecule has 3 nitrogen and oxygen atoms in total. The first-order valence-corrected chi connectivity index (χ1v) is 6.82. The molecule has 0 N–H and O–H groups in total. The van der Waals surface area contributed by atoms with Crippen LogP contribution in [0.5, 0.6) is 0 Å². The number of hydrogen-bond acceptors (Lipinski definition) is 2. The average Bonchev–Trinajstić information content (AvgIpc) is 2.80. The number of benzene rings is 1. The standard InChI is InChI=1S/C14H15BrN2O/c1-2-3-8-17-9-12(10-18)14(16-17)11-4-6-13(15)7-5-11/h4-7,9-10H,2-3,8H2,1H3. The lowest BCUT2D eigenvalue weighted by molar-refractivity contribution is 0.112. The van der Waals surface area contributed by atoms with Crippen molar-refractivity contribution in [2.75, 3.05) is 0 Å². The number of carbonyl (C=O) groups excluding carboxylic acids is 1. The van der Waals surface area contributed by atoms with Crippen LogP contribution in [-0.2, 0) is 6.54 Å². The number of halogens is 1. The molecular formula is C14H15BrN2O. The molecule has 94 valence electrons. The predicted molar refractivity (Wildman–Crippen MR) is 75.7 cm³/mol. The highest BCUT2D eigenvalue weighted by molar-refractivity contribution is 9.10. The monoisotopic (exact) mass is 306 g/mol. The van der Waals surface area contributed by atoms with Gasteiger partial charge in [-0.2, -0.15) is 5.10 Å².